The summed E-state index contributed by atoms with van der Waals surface area (Å²) in [7, 11) is 0. The smallest absolute Gasteiger partial charge is 0.140 e. The third kappa shape index (κ3) is 7.99. The summed E-state index contributed by atoms with van der Waals surface area (Å²) in [6, 6.07) is 0.240. The van der Waals surface area contributed by atoms with Crippen LogP contribution in [0.4, 0.5) is 0 Å². The number of amidine groups is 1. The number of hydrogen-bond acceptors (Lipinski definition) is 4. The van der Waals surface area contributed by atoms with E-state index in [2.05, 4.69) is 24.3 Å². The number of nitrogens with one attached hydrogen (secondary N) is 1. The second-order valence-electron chi connectivity index (χ2n) is 4.48. The summed E-state index contributed by atoms with van der Waals surface area (Å²) >= 11 is 0. The maximum absolute atomic E-state index is 8.97. The zero-order valence-corrected chi connectivity index (χ0v) is 11.0. The molecule has 0 aromatic carbocycles. The second-order valence-corrected chi connectivity index (χ2v) is 4.48. The van der Waals surface area contributed by atoms with Gasteiger partial charge >= 0.3 is 0 Å². The number of oxime groups is 1. The molecule has 5 nitrogen and oxygen atoms in total. The van der Waals surface area contributed by atoms with E-state index in [0.29, 0.717) is 12.3 Å². The fourth-order valence-electron chi connectivity index (χ4n) is 1.93. The van der Waals surface area contributed by atoms with Crippen LogP contribution in [0.1, 0.15) is 46.0 Å². The molecule has 5 N–H and O–H groups in total. The third-order valence-electron chi connectivity index (χ3n) is 3.01. The van der Waals surface area contributed by atoms with E-state index in [1.807, 2.05) is 0 Å². The van der Waals surface area contributed by atoms with Crippen LogP contribution in [0.15, 0.2) is 5.16 Å². The standard InChI is InChI=1S/C12H27N3O2/c1-3-5-10(6-7-16)9-14-11(4-2)8-12(13)15-17/h10-11,14,16-17H,3-9H2,1-2H3,(H2,13,15). The fraction of sp³-hybridized carbons (Fsp3) is 0.917. The SMILES string of the molecule is CCCC(CCO)CNC(CC)CC(N)=NO. The van der Waals surface area contributed by atoms with Crippen LogP contribution in [0.5, 0.6) is 0 Å². The summed E-state index contributed by atoms with van der Waals surface area (Å²) in [5.41, 5.74) is 5.49. The van der Waals surface area contributed by atoms with Crippen molar-refractivity contribution >= 4 is 5.84 Å². The van der Waals surface area contributed by atoms with Gasteiger partial charge in [0.1, 0.15) is 5.84 Å². The first-order valence-corrected chi connectivity index (χ1v) is 6.48. The van der Waals surface area contributed by atoms with E-state index in [1.54, 1.807) is 0 Å². The molecule has 2 atom stereocenters. The topological polar surface area (TPSA) is 90.9 Å². The lowest BCUT2D eigenvalue weighted by atomic mass is 9.99. The molecule has 0 aliphatic rings. The Morgan fingerprint density at radius 2 is 2.06 bits per heavy atom. The van der Waals surface area contributed by atoms with Gasteiger partial charge in [0.05, 0.1) is 0 Å². The van der Waals surface area contributed by atoms with Crippen molar-refractivity contribution in [2.24, 2.45) is 16.8 Å². The van der Waals surface area contributed by atoms with E-state index < -0.39 is 0 Å². The highest BCUT2D eigenvalue weighted by molar-refractivity contribution is 5.80. The maximum Gasteiger partial charge on any atom is 0.140 e. The number of rotatable bonds is 10. The molecule has 0 amide bonds. The van der Waals surface area contributed by atoms with Crippen LogP contribution in [0.2, 0.25) is 0 Å². The predicted octanol–water partition coefficient (Wildman–Crippen LogP) is 1.29. The van der Waals surface area contributed by atoms with E-state index in [9.17, 15) is 0 Å². The van der Waals surface area contributed by atoms with E-state index in [-0.39, 0.29) is 18.5 Å². The molecular weight excluding hydrogens is 218 g/mol. The zero-order chi connectivity index (χ0) is 13.1. The lowest BCUT2D eigenvalue weighted by Crippen LogP contribution is -2.36. The fourth-order valence-corrected chi connectivity index (χ4v) is 1.93. The van der Waals surface area contributed by atoms with Gasteiger partial charge in [-0.3, -0.25) is 0 Å². The van der Waals surface area contributed by atoms with Gasteiger partial charge < -0.3 is 21.4 Å². The number of aliphatic hydroxyl groups excluding tert-OH is 1. The minimum atomic E-state index is 0.239. The van der Waals surface area contributed by atoms with Gasteiger partial charge in [0, 0.05) is 19.1 Å². The normalized spacial score (nSPS) is 15.8. The predicted molar refractivity (Wildman–Crippen MR) is 70.2 cm³/mol. The Bertz CT molecular complexity index is 204. The van der Waals surface area contributed by atoms with E-state index in [4.69, 9.17) is 16.0 Å². The molecule has 102 valence electrons. The molecule has 0 radical (unpaired) electrons. The van der Waals surface area contributed by atoms with Crippen molar-refractivity contribution in [2.75, 3.05) is 13.2 Å². The Labute approximate surface area is 104 Å². The molecule has 0 aromatic heterocycles. The van der Waals surface area contributed by atoms with Crippen LogP contribution >= 0.6 is 0 Å². The molecule has 0 bridgehead atoms. The molecule has 0 spiro atoms. The van der Waals surface area contributed by atoms with E-state index in [1.165, 1.54) is 0 Å². The van der Waals surface area contributed by atoms with E-state index in [0.717, 1.165) is 32.2 Å². The van der Waals surface area contributed by atoms with Gasteiger partial charge in [0.15, 0.2) is 0 Å². The molecule has 0 saturated heterocycles. The largest absolute Gasteiger partial charge is 0.409 e. The molecule has 5 heteroatoms. The summed E-state index contributed by atoms with van der Waals surface area (Å²) in [5, 5.41) is 23.9. The minimum absolute atomic E-state index is 0.239. The van der Waals surface area contributed by atoms with Crippen LogP contribution in [0.3, 0.4) is 0 Å². The van der Waals surface area contributed by atoms with Gasteiger partial charge in [-0.1, -0.05) is 25.4 Å². The molecule has 0 aliphatic heterocycles. The van der Waals surface area contributed by atoms with Crippen molar-refractivity contribution in [2.45, 2.75) is 52.0 Å². The summed E-state index contributed by atoms with van der Waals surface area (Å²) in [4.78, 5) is 0. The molecule has 0 aromatic rings. The van der Waals surface area contributed by atoms with Crippen molar-refractivity contribution in [3.63, 3.8) is 0 Å². The summed E-state index contributed by atoms with van der Waals surface area (Å²) in [6.07, 6.45) is 4.58. The Morgan fingerprint density at radius 1 is 1.35 bits per heavy atom. The van der Waals surface area contributed by atoms with Crippen LogP contribution in [-0.4, -0.2) is 35.3 Å². The van der Waals surface area contributed by atoms with Crippen molar-refractivity contribution in [1.82, 2.24) is 5.32 Å². The first kappa shape index (κ1) is 16.2. The molecule has 0 aliphatic carbocycles. The monoisotopic (exact) mass is 245 g/mol. The first-order valence-electron chi connectivity index (χ1n) is 6.48. The number of hydrogen-bond donors (Lipinski definition) is 4. The Balaban J connectivity index is 4.00. The average molecular weight is 245 g/mol. The van der Waals surface area contributed by atoms with Crippen LogP contribution in [0.25, 0.3) is 0 Å². The second kappa shape index (κ2) is 10.4. The van der Waals surface area contributed by atoms with Crippen LogP contribution < -0.4 is 11.1 Å². The van der Waals surface area contributed by atoms with Crippen molar-refractivity contribution in [1.29, 1.82) is 0 Å². The molecular formula is C12H27N3O2. The Morgan fingerprint density at radius 3 is 2.53 bits per heavy atom. The molecule has 0 fully saturated rings. The van der Waals surface area contributed by atoms with Gasteiger partial charge in [-0.05, 0) is 31.7 Å². The van der Waals surface area contributed by atoms with E-state index >= 15 is 0 Å². The Hall–Kier alpha value is -0.810. The van der Waals surface area contributed by atoms with Gasteiger partial charge in [0.2, 0.25) is 0 Å². The lowest BCUT2D eigenvalue weighted by molar-refractivity contribution is 0.244. The molecule has 0 saturated carbocycles. The first-order chi connectivity index (χ1) is 8.17. The number of aliphatic hydroxyl groups is 1. The summed E-state index contributed by atoms with van der Waals surface area (Å²) in [5.74, 6) is 0.768. The van der Waals surface area contributed by atoms with Gasteiger partial charge in [-0.25, -0.2) is 0 Å². The highest BCUT2D eigenvalue weighted by Gasteiger charge is 2.12. The molecule has 0 rings (SSSR count). The van der Waals surface area contributed by atoms with Crippen LogP contribution in [0, 0.1) is 5.92 Å². The Kier molecular flexibility index (Phi) is 9.86. The number of nitrogens with two attached hydrogens (primary N) is 1. The quantitative estimate of drug-likeness (QED) is 0.202. The molecule has 2 unspecified atom stereocenters. The van der Waals surface area contributed by atoms with Gasteiger partial charge in [0.25, 0.3) is 0 Å². The third-order valence-corrected chi connectivity index (χ3v) is 3.01. The van der Waals surface area contributed by atoms with Crippen LogP contribution in [-0.2, 0) is 0 Å². The highest BCUT2D eigenvalue weighted by atomic mass is 16.4. The van der Waals surface area contributed by atoms with Crippen molar-refractivity contribution < 1.29 is 10.3 Å². The minimum Gasteiger partial charge on any atom is -0.409 e. The zero-order valence-electron chi connectivity index (χ0n) is 11.0. The van der Waals surface area contributed by atoms with Crippen molar-refractivity contribution in [3.8, 4) is 0 Å². The highest BCUT2D eigenvalue weighted by Crippen LogP contribution is 2.10. The van der Waals surface area contributed by atoms with Gasteiger partial charge in [-0.2, -0.15) is 0 Å². The number of nitrogens with zero attached hydrogens (tertiary/aromatic N) is 1. The van der Waals surface area contributed by atoms with Crippen molar-refractivity contribution in [3.05, 3.63) is 0 Å². The maximum atomic E-state index is 8.97. The molecule has 0 heterocycles. The molecule has 17 heavy (non-hydrogen) atoms. The summed E-state index contributed by atoms with van der Waals surface area (Å²) < 4.78 is 0. The van der Waals surface area contributed by atoms with Gasteiger partial charge in [-0.15, -0.1) is 0 Å². The lowest BCUT2D eigenvalue weighted by Gasteiger charge is -2.21. The summed E-state index contributed by atoms with van der Waals surface area (Å²) in [6.45, 7) is 5.34. The average Bonchev–Trinajstić information content (AvgIpc) is 2.34.